The van der Waals surface area contributed by atoms with Crippen LogP contribution in [-0.2, 0) is 23.9 Å². The van der Waals surface area contributed by atoms with E-state index in [0.717, 1.165) is 6.42 Å². The number of aliphatic carboxylic acids is 1. The second-order valence-corrected chi connectivity index (χ2v) is 4.16. The summed E-state index contributed by atoms with van der Waals surface area (Å²) in [5.41, 5.74) is 0. The molecular weight excluding hydrogens is 266 g/mol. The van der Waals surface area contributed by atoms with E-state index in [-0.39, 0.29) is 32.5 Å². The smallest absolute Gasteiger partial charge is 0.326 e. The van der Waals surface area contributed by atoms with Crippen molar-refractivity contribution in [1.29, 1.82) is 0 Å². The molecule has 0 aromatic heterocycles. The zero-order valence-electron chi connectivity index (χ0n) is 12.0. The normalized spacial score (nSPS) is 11.7. The molecule has 0 bridgehead atoms. The number of carboxylic acid groups (broad SMARTS) is 1. The van der Waals surface area contributed by atoms with E-state index in [0.29, 0.717) is 6.61 Å². The van der Waals surface area contributed by atoms with Crippen LogP contribution in [0.3, 0.4) is 0 Å². The van der Waals surface area contributed by atoms with Crippen molar-refractivity contribution in [3.63, 3.8) is 0 Å². The molecule has 0 unspecified atom stereocenters. The lowest BCUT2D eigenvalue weighted by molar-refractivity contribution is -0.145. The third-order valence-corrected chi connectivity index (χ3v) is 2.40. The summed E-state index contributed by atoms with van der Waals surface area (Å²) >= 11 is 0. The van der Waals surface area contributed by atoms with E-state index in [4.69, 9.17) is 14.6 Å². The minimum atomic E-state index is -1.17. The number of esters is 1. The number of hydrogen-bond acceptors (Lipinski definition) is 5. The van der Waals surface area contributed by atoms with E-state index in [1.165, 1.54) is 0 Å². The fraction of sp³-hybridized carbons (Fsp3) is 0.769. The van der Waals surface area contributed by atoms with E-state index in [9.17, 15) is 14.4 Å². The number of nitrogens with one attached hydrogen (secondary N) is 1. The monoisotopic (exact) mass is 289 g/mol. The van der Waals surface area contributed by atoms with Crippen LogP contribution >= 0.6 is 0 Å². The predicted octanol–water partition coefficient (Wildman–Crippen LogP) is 0.716. The third kappa shape index (κ3) is 9.32. The van der Waals surface area contributed by atoms with Crippen molar-refractivity contribution in [3.8, 4) is 0 Å². The Morgan fingerprint density at radius 3 is 2.40 bits per heavy atom. The third-order valence-electron chi connectivity index (χ3n) is 2.40. The van der Waals surface area contributed by atoms with Crippen molar-refractivity contribution in [2.45, 2.75) is 45.6 Å². The van der Waals surface area contributed by atoms with Gasteiger partial charge in [-0.2, -0.15) is 0 Å². The van der Waals surface area contributed by atoms with E-state index < -0.39 is 23.9 Å². The SMILES string of the molecule is CCCOCCC(=O)N[C@@H](CCC(=O)OCC)C(=O)O. The van der Waals surface area contributed by atoms with Gasteiger partial charge in [0.2, 0.25) is 5.91 Å². The quantitative estimate of drug-likeness (QED) is 0.429. The lowest BCUT2D eigenvalue weighted by atomic mass is 10.1. The maximum Gasteiger partial charge on any atom is 0.326 e. The standard InChI is InChI=1S/C13H23NO6/c1-3-8-19-9-7-11(15)14-10(13(17)18)5-6-12(16)20-4-2/h10H,3-9H2,1-2H3,(H,14,15)(H,17,18)/t10-/m0/s1. The Hall–Kier alpha value is -1.63. The Morgan fingerprint density at radius 1 is 1.15 bits per heavy atom. The molecule has 0 aromatic carbocycles. The highest BCUT2D eigenvalue weighted by molar-refractivity contribution is 5.84. The van der Waals surface area contributed by atoms with Crippen LogP contribution in [0.5, 0.6) is 0 Å². The van der Waals surface area contributed by atoms with Crippen molar-refractivity contribution in [2.24, 2.45) is 0 Å². The van der Waals surface area contributed by atoms with E-state index in [1.807, 2.05) is 6.92 Å². The summed E-state index contributed by atoms with van der Waals surface area (Å²) < 4.78 is 9.85. The van der Waals surface area contributed by atoms with Crippen LogP contribution in [0.25, 0.3) is 0 Å². The van der Waals surface area contributed by atoms with Gasteiger partial charge in [0.15, 0.2) is 0 Å². The summed E-state index contributed by atoms with van der Waals surface area (Å²) in [6, 6.07) is -1.09. The molecule has 0 aromatic rings. The molecule has 116 valence electrons. The Labute approximate surface area is 118 Å². The van der Waals surface area contributed by atoms with Gasteiger partial charge < -0.3 is 19.9 Å². The van der Waals surface area contributed by atoms with Crippen molar-refractivity contribution in [3.05, 3.63) is 0 Å². The highest BCUT2D eigenvalue weighted by Crippen LogP contribution is 2.01. The van der Waals surface area contributed by atoms with Gasteiger partial charge >= 0.3 is 11.9 Å². The topological polar surface area (TPSA) is 102 Å². The first-order valence-electron chi connectivity index (χ1n) is 6.76. The van der Waals surface area contributed by atoms with Gasteiger partial charge in [0.25, 0.3) is 0 Å². The molecule has 0 saturated carbocycles. The summed E-state index contributed by atoms with van der Waals surface area (Å²) in [7, 11) is 0. The zero-order chi connectivity index (χ0) is 15.4. The van der Waals surface area contributed by atoms with Crippen molar-refractivity contribution in [2.75, 3.05) is 19.8 Å². The Balaban J connectivity index is 4.03. The highest BCUT2D eigenvalue weighted by atomic mass is 16.5. The number of carbonyl (C=O) groups excluding carboxylic acids is 2. The first-order valence-corrected chi connectivity index (χ1v) is 6.76. The molecule has 0 saturated heterocycles. The molecule has 0 spiro atoms. The van der Waals surface area contributed by atoms with E-state index in [1.54, 1.807) is 6.92 Å². The van der Waals surface area contributed by atoms with Crippen LogP contribution in [0.15, 0.2) is 0 Å². The maximum atomic E-state index is 11.5. The molecular formula is C13H23NO6. The van der Waals surface area contributed by atoms with E-state index in [2.05, 4.69) is 5.32 Å². The first-order chi connectivity index (χ1) is 9.51. The van der Waals surface area contributed by atoms with Crippen LogP contribution in [0.4, 0.5) is 0 Å². The van der Waals surface area contributed by atoms with Gasteiger partial charge in [0, 0.05) is 19.4 Å². The fourth-order valence-electron chi connectivity index (χ4n) is 1.43. The van der Waals surface area contributed by atoms with Gasteiger partial charge in [-0.25, -0.2) is 4.79 Å². The molecule has 0 aliphatic heterocycles. The molecule has 0 aliphatic rings. The van der Waals surface area contributed by atoms with Gasteiger partial charge in [0.05, 0.1) is 13.2 Å². The average Bonchev–Trinajstić information content (AvgIpc) is 2.39. The molecule has 1 amide bonds. The molecule has 7 nitrogen and oxygen atoms in total. The zero-order valence-corrected chi connectivity index (χ0v) is 12.0. The molecule has 0 heterocycles. The van der Waals surface area contributed by atoms with E-state index >= 15 is 0 Å². The van der Waals surface area contributed by atoms with Gasteiger partial charge in [-0.15, -0.1) is 0 Å². The van der Waals surface area contributed by atoms with Crippen molar-refractivity contribution >= 4 is 17.8 Å². The molecule has 2 N–H and O–H groups in total. The molecule has 7 heteroatoms. The number of carbonyl (C=O) groups is 3. The molecule has 1 atom stereocenters. The van der Waals surface area contributed by atoms with Crippen LogP contribution in [0, 0.1) is 0 Å². The van der Waals surface area contributed by atoms with Crippen molar-refractivity contribution in [1.82, 2.24) is 5.32 Å². The largest absolute Gasteiger partial charge is 0.480 e. The second kappa shape index (κ2) is 11.2. The number of amides is 1. The minimum Gasteiger partial charge on any atom is -0.480 e. The molecule has 20 heavy (non-hydrogen) atoms. The Morgan fingerprint density at radius 2 is 1.85 bits per heavy atom. The predicted molar refractivity (Wildman–Crippen MR) is 71.2 cm³/mol. The maximum absolute atomic E-state index is 11.5. The van der Waals surface area contributed by atoms with Gasteiger partial charge in [-0.05, 0) is 19.8 Å². The van der Waals surface area contributed by atoms with Gasteiger partial charge in [-0.1, -0.05) is 6.92 Å². The fourth-order valence-corrected chi connectivity index (χ4v) is 1.43. The van der Waals surface area contributed by atoms with Crippen molar-refractivity contribution < 1.29 is 29.0 Å². The Bertz CT molecular complexity index is 318. The number of hydrogen-bond donors (Lipinski definition) is 2. The molecule has 0 rings (SSSR count). The minimum absolute atomic E-state index is 0.00965. The molecule has 0 aliphatic carbocycles. The molecule has 0 radical (unpaired) electrons. The second-order valence-electron chi connectivity index (χ2n) is 4.16. The highest BCUT2D eigenvalue weighted by Gasteiger charge is 2.21. The van der Waals surface area contributed by atoms with Crippen LogP contribution in [0.2, 0.25) is 0 Å². The van der Waals surface area contributed by atoms with Crippen LogP contribution < -0.4 is 5.32 Å². The first kappa shape index (κ1) is 18.4. The Kier molecular flexibility index (Phi) is 10.3. The van der Waals surface area contributed by atoms with Gasteiger partial charge in [0.1, 0.15) is 6.04 Å². The van der Waals surface area contributed by atoms with Crippen LogP contribution in [-0.4, -0.2) is 48.8 Å². The summed E-state index contributed by atoms with van der Waals surface area (Å²) in [6.45, 7) is 4.70. The summed E-state index contributed by atoms with van der Waals surface area (Å²) in [6.07, 6.45) is 0.926. The number of ether oxygens (including phenoxy) is 2. The van der Waals surface area contributed by atoms with Gasteiger partial charge in [-0.3, -0.25) is 9.59 Å². The molecule has 0 fully saturated rings. The van der Waals surface area contributed by atoms with Crippen LogP contribution in [0.1, 0.15) is 39.5 Å². The average molecular weight is 289 g/mol. The lowest BCUT2D eigenvalue weighted by Gasteiger charge is -2.14. The number of rotatable bonds is 11. The summed E-state index contributed by atoms with van der Waals surface area (Å²) in [5.74, 6) is -2.05. The summed E-state index contributed by atoms with van der Waals surface area (Å²) in [4.78, 5) is 33.7. The summed E-state index contributed by atoms with van der Waals surface area (Å²) in [5, 5.41) is 11.3. The lowest BCUT2D eigenvalue weighted by Crippen LogP contribution is -2.41. The number of carboxylic acids is 1.